The van der Waals surface area contributed by atoms with Crippen LogP contribution in [0, 0.1) is 0 Å². The van der Waals surface area contributed by atoms with E-state index < -0.39 is 0 Å². The third kappa shape index (κ3) is 3.41. The van der Waals surface area contributed by atoms with Gasteiger partial charge in [0.1, 0.15) is 0 Å². The van der Waals surface area contributed by atoms with E-state index in [1.165, 1.54) is 5.56 Å². The fourth-order valence-corrected chi connectivity index (χ4v) is 3.56. The Morgan fingerprint density at radius 2 is 1.57 bits per heavy atom. The molecule has 0 aliphatic heterocycles. The Kier molecular flexibility index (Phi) is 4.51. The van der Waals surface area contributed by atoms with Crippen LogP contribution >= 0.6 is 46.1 Å². The summed E-state index contributed by atoms with van der Waals surface area (Å²) in [6.45, 7) is 0. The van der Waals surface area contributed by atoms with Crippen molar-refractivity contribution in [1.82, 2.24) is 4.98 Å². The average Bonchev–Trinajstić information content (AvgIpc) is 2.89. The largest absolute Gasteiger partial charge is 0.241 e. The summed E-state index contributed by atoms with van der Waals surface area (Å²) in [4.78, 5) is 4.64. The molecule has 0 saturated heterocycles. The highest BCUT2D eigenvalue weighted by Gasteiger charge is 2.12. The molecular weight excluding hydrogens is 345 g/mol. The lowest BCUT2D eigenvalue weighted by atomic mass is 10.1. The molecule has 3 aromatic rings. The molecule has 2 aromatic carbocycles. The van der Waals surface area contributed by atoms with Gasteiger partial charge >= 0.3 is 0 Å². The number of aromatic nitrogens is 1. The number of hydrogen-bond acceptors (Lipinski definition) is 2. The molecule has 0 saturated carbocycles. The van der Waals surface area contributed by atoms with Crippen LogP contribution in [0.4, 0.5) is 0 Å². The van der Waals surface area contributed by atoms with E-state index in [4.69, 9.17) is 34.8 Å². The molecule has 0 N–H and O–H groups in total. The Morgan fingerprint density at radius 1 is 0.905 bits per heavy atom. The Balaban J connectivity index is 1.88. The number of hydrogen-bond donors (Lipinski definition) is 0. The lowest BCUT2D eigenvalue weighted by molar-refractivity contribution is 1.14. The monoisotopic (exact) mass is 353 g/mol. The van der Waals surface area contributed by atoms with Gasteiger partial charge in [0.05, 0.1) is 20.7 Å². The van der Waals surface area contributed by atoms with E-state index in [1.807, 2.05) is 47.8 Å². The molecule has 106 valence electrons. The molecule has 0 radical (unpaired) electrons. The smallest absolute Gasteiger partial charge is 0.0976 e. The third-order valence-corrected chi connectivity index (χ3v) is 4.77. The van der Waals surface area contributed by atoms with Gasteiger partial charge in [0, 0.05) is 22.4 Å². The summed E-state index contributed by atoms with van der Waals surface area (Å²) in [5.41, 5.74) is 2.78. The first-order chi connectivity index (χ1) is 10.1. The Hall–Kier alpha value is -1.06. The number of nitrogens with zero attached hydrogens (tertiary/aromatic N) is 1. The van der Waals surface area contributed by atoms with Crippen LogP contribution in [0.1, 0.15) is 10.6 Å². The van der Waals surface area contributed by atoms with Crippen molar-refractivity contribution in [2.45, 2.75) is 6.42 Å². The van der Waals surface area contributed by atoms with Gasteiger partial charge < -0.3 is 0 Å². The van der Waals surface area contributed by atoms with E-state index in [0.717, 1.165) is 27.7 Å². The fraction of sp³-hybridized carbons (Fsp3) is 0.0625. The van der Waals surface area contributed by atoms with E-state index >= 15 is 0 Å². The molecule has 0 spiro atoms. The second kappa shape index (κ2) is 6.37. The van der Waals surface area contributed by atoms with Crippen LogP contribution in [0.2, 0.25) is 15.1 Å². The zero-order valence-electron chi connectivity index (χ0n) is 10.8. The summed E-state index contributed by atoms with van der Waals surface area (Å²) in [5.74, 6) is 0. The molecule has 0 aliphatic rings. The highest BCUT2D eigenvalue weighted by Crippen LogP contribution is 2.35. The maximum Gasteiger partial charge on any atom is 0.0976 e. The second-order valence-electron chi connectivity index (χ2n) is 4.53. The van der Waals surface area contributed by atoms with E-state index in [-0.39, 0.29) is 0 Å². The summed E-state index contributed by atoms with van der Waals surface area (Å²) in [5, 5.41) is 4.97. The van der Waals surface area contributed by atoms with Crippen molar-refractivity contribution >= 4 is 46.1 Å². The van der Waals surface area contributed by atoms with Crippen molar-refractivity contribution in [3.8, 4) is 11.3 Å². The lowest BCUT2D eigenvalue weighted by Gasteiger charge is -2.03. The van der Waals surface area contributed by atoms with Crippen LogP contribution in [0.3, 0.4) is 0 Å². The van der Waals surface area contributed by atoms with Crippen molar-refractivity contribution < 1.29 is 0 Å². The maximum atomic E-state index is 6.22. The third-order valence-electron chi connectivity index (χ3n) is 3.04. The molecule has 0 amide bonds. The molecule has 0 aliphatic carbocycles. The van der Waals surface area contributed by atoms with Crippen molar-refractivity contribution in [2.24, 2.45) is 0 Å². The van der Waals surface area contributed by atoms with Crippen molar-refractivity contribution in [1.29, 1.82) is 0 Å². The minimum absolute atomic E-state index is 0.617. The van der Waals surface area contributed by atoms with Crippen LogP contribution in [0.25, 0.3) is 11.3 Å². The predicted octanol–water partition coefficient (Wildman–Crippen LogP) is 6.36. The second-order valence-corrected chi connectivity index (χ2v) is 6.72. The highest BCUT2D eigenvalue weighted by atomic mass is 35.5. The zero-order chi connectivity index (χ0) is 14.8. The molecule has 3 rings (SSSR count). The van der Waals surface area contributed by atoms with Gasteiger partial charge in [-0.2, -0.15) is 0 Å². The topological polar surface area (TPSA) is 12.9 Å². The summed E-state index contributed by atoms with van der Waals surface area (Å²) in [6.07, 6.45) is 0.768. The van der Waals surface area contributed by atoms with Crippen LogP contribution in [0.15, 0.2) is 47.8 Å². The molecule has 0 unspecified atom stereocenters. The van der Waals surface area contributed by atoms with Crippen LogP contribution in [0.5, 0.6) is 0 Å². The van der Waals surface area contributed by atoms with Gasteiger partial charge in [-0.1, -0.05) is 53.0 Å². The van der Waals surface area contributed by atoms with Gasteiger partial charge in [0.2, 0.25) is 0 Å². The highest BCUT2D eigenvalue weighted by molar-refractivity contribution is 7.10. The number of halogens is 3. The molecule has 0 bridgehead atoms. The van der Waals surface area contributed by atoms with E-state index in [1.54, 1.807) is 11.3 Å². The van der Waals surface area contributed by atoms with Crippen LogP contribution < -0.4 is 0 Å². The zero-order valence-corrected chi connectivity index (χ0v) is 13.9. The van der Waals surface area contributed by atoms with E-state index in [9.17, 15) is 0 Å². The van der Waals surface area contributed by atoms with Crippen molar-refractivity contribution in [3.63, 3.8) is 0 Å². The van der Waals surface area contributed by atoms with E-state index in [2.05, 4.69) is 4.98 Å². The summed E-state index contributed by atoms with van der Waals surface area (Å²) < 4.78 is 0. The Bertz CT molecular complexity index is 745. The van der Waals surface area contributed by atoms with Crippen LogP contribution in [-0.2, 0) is 6.42 Å². The number of thiazole rings is 1. The first-order valence-corrected chi connectivity index (χ1v) is 8.28. The lowest BCUT2D eigenvalue weighted by Crippen LogP contribution is -1.88. The first kappa shape index (κ1) is 14.9. The molecule has 0 fully saturated rings. The standard InChI is InChI=1S/C16H10Cl3NS/c17-11-6-4-10(5-7-11)8-15-20-14(9-21-15)16-12(18)2-1-3-13(16)19/h1-7,9H,8H2. The van der Waals surface area contributed by atoms with Gasteiger partial charge in [0.15, 0.2) is 0 Å². The van der Waals surface area contributed by atoms with Gasteiger partial charge in [-0.05, 0) is 29.8 Å². The normalized spacial score (nSPS) is 10.8. The van der Waals surface area contributed by atoms with Gasteiger partial charge in [0.25, 0.3) is 0 Å². The summed E-state index contributed by atoms with van der Waals surface area (Å²) >= 11 is 19.9. The molecule has 1 heterocycles. The Morgan fingerprint density at radius 3 is 2.24 bits per heavy atom. The molecular formula is C16H10Cl3NS. The molecule has 0 atom stereocenters. The molecule has 5 heteroatoms. The average molecular weight is 355 g/mol. The molecule has 1 aromatic heterocycles. The van der Waals surface area contributed by atoms with E-state index in [0.29, 0.717) is 10.0 Å². The number of rotatable bonds is 3. The SMILES string of the molecule is Clc1ccc(Cc2nc(-c3c(Cl)cccc3Cl)cs2)cc1. The fourth-order valence-electron chi connectivity index (χ4n) is 2.03. The van der Waals surface area contributed by atoms with Gasteiger partial charge in [-0.25, -0.2) is 4.98 Å². The Labute approximate surface area is 142 Å². The first-order valence-electron chi connectivity index (χ1n) is 6.27. The van der Waals surface area contributed by atoms with Gasteiger partial charge in [-0.3, -0.25) is 0 Å². The van der Waals surface area contributed by atoms with Crippen molar-refractivity contribution in [2.75, 3.05) is 0 Å². The minimum atomic E-state index is 0.617. The maximum absolute atomic E-state index is 6.22. The quantitative estimate of drug-likeness (QED) is 0.533. The summed E-state index contributed by atoms with van der Waals surface area (Å²) in [7, 11) is 0. The number of benzene rings is 2. The van der Waals surface area contributed by atoms with Crippen LogP contribution in [-0.4, -0.2) is 4.98 Å². The summed E-state index contributed by atoms with van der Waals surface area (Å²) in [6, 6.07) is 13.3. The van der Waals surface area contributed by atoms with Crippen molar-refractivity contribution in [3.05, 3.63) is 73.5 Å². The predicted molar refractivity (Wildman–Crippen MR) is 91.8 cm³/mol. The minimum Gasteiger partial charge on any atom is -0.241 e. The molecule has 1 nitrogen and oxygen atoms in total. The molecule has 21 heavy (non-hydrogen) atoms. The van der Waals surface area contributed by atoms with Gasteiger partial charge in [-0.15, -0.1) is 11.3 Å².